The van der Waals surface area contributed by atoms with Gasteiger partial charge >= 0.3 is 23.3 Å². The van der Waals surface area contributed by atoms with Gasteiger partial charge in [-0.1, -0.05) is 0 Å². The number of aliphatic imine (C=N–C) groups is 1. The van der Waals surface area contributed by atoms with Gasteiger partial charge in [0, 0.05) is 52.1 Å². The van der Waals surface area contributed by atoms with Crippen LogP contribution in [-0.4, -0.2) is 79.9 Å². The Morgan fingerprint density at radius 2 is 1.37 bits per heavy atom. The molecule has 0 fully saturated rings. The number of unbranched alkanes of at least 4 members (excludes halogenated alkanes) is 2. The van der Waals surface area contributed by atoms with Gasteiger partial charge in [0.15, 0.2) is 0 Å². The van der Waals surface area contributed by atoms with E-state index >= 15 is 0 Å². The van der Waals surface area contributed by atoms with Crippen LogP contribution in [0.25, 0.3) is 0 Å². The monoisotopic (exact) mass is 718 g/mol. The molecule has 0 aliphatic rings. The molecule has 4 rings (SSSR count). The normalized spacial score (nSPS) is 11.0. The second kappa shape index (κ2) is 17.9. The van der Waals surface area contributed by atoms with Crippen molar-refractivity contribution in [1.82, 2.24) is 34.3 Å². The second-order valence-corrected chi connectivity index (χ2v) is 11.5. The summed E-state index contributed by atoms with van der Waals surface area (Å²) in [6.07, 6.45) is 4.63. The van der Waals surface area contributed by atoms with Crippen molar-refractivity contribution >= 4 is 35.7 Å². The average Bonchev–Trinajstić information content (AvgIpc) is 3.49. The lowest BCUT2D eigenvalue weighted by Gasteiger charge is -2.09. The smallest absolute Gasteiger partial charge is 0.355 e. The lowest BCUT2D eigenvalue weighted by Crippen LogP contribution is -2.32. The molecular formula is C34H38N8O10. The molecule has 0 saturated heterocycles. The molecule has 0 bridgehead atoms. The minimum Gasteiger partial charge on any atom is -0.462 e. The standard InChI is InChI=1S/C34H38N8O10/c1-40-20-24(29(45)39-33(40)49)31(47)51-16-6-4-14-35-28(44)21-8-10-22(11-9-21)37-19-23-12-13-25(41(23)2)30(46)36-15-5-7-17-52-32(48)26-18-27(43)38-34(50)42(26)3/h8-13,18-20H,4-7,14-17H2,1-3H3,(H,35,44)(H,36,46)(H,38,43,50)(H,39,45,49). The van der Waals surface area contributed by atoms with E-state index < -0.39 is 34.4 Å². The molecule has 0 atom stereocenters. The van der Waals surface area contributed by atoms with Gasteiger partial charge in [-0.15, -0.1) is 0 Å². The van der Waals surface area contributed by atoms with Gasteiger partial charge in [-0.05, 0) is 62.1 Å². The Bertz CT molecular complexity index is 2210. The molecule has 2 amide bonds. The summed E-state index contributed by atoms with van der Waals surface area (Å²) in [6, 6.07) is 11.0. The molecule has 3 aromatic heterocycles. The van der Waals surface area contributed by atoms with Gasteiger partial charge in [0.2, 0.25) is 0 Å². The highest BCUT2D eigenvalue weighted by Crippen LogP contribution is 2.14. The number of amides is 2. The van der Waals surface area contributed by atoms with Crippen LogP contribution in [0.5, 0.6) is 0 Å². The summed E-state index contributed by atoms with van der Waals surface area (Å²) in [7, 11) is 4.47. The minimum atomic E-state index is -0.841. The number of benzene rings is 1. The maximum absolute atomic E-state index is 12.7. The summed E-state index contributed by atoms with van der Waals surface area (Å²) in [5.41, 5.74) is -1.21. The molecule has 0 spiro atoms. The Morgan fingerprint density at radius 3 is 2.04 bits per heavy atom. The van der Waals surface area contributed by atoms with Crippen LogP contribution < -0.4 is 33.1 Å². The van der Waals surface area contributed by atoms with Crippen molar-refractivity contribution in [2.75, 3.05) is 26.3 Å². The summed E-state index contributed by atoms with van der Waals surface area (Å²) in [5, 5.41) is 5.60. The third kappa shape index (κ3) is 10.2. The van der Waals surface area contributed by atoms with Crippen LogP contribution in [0, 0.1) is 0 Å². The Kier molecular flexibility index (Phi) is 13.1. The van der Waals surface area contributed by atoms with Crippen molar-refractivity contribution in [3.05, 3.63) is 119 Å². The zero-order valence-corrected chi connectivity index (χ0v) is 28.7. The molecule has 18 heteroatoms. The average molecular weight is 719 g/mol. The molecule has 0 radical (unpaired) electrons. The largest absolute Gasteiger partial charge is 0.462 e. The van der Waals surface area contributed by atoms with E-state index in [-0.39, 0.29) is 36.3 Å². The van der Waals surface area contributed by atoms with Crippen molar-refractivity contribution in [2.45, 2.75) is 25.7 Å². The van der Waals surface area contributed by atoms with Crippen molar-refractivity contribution in [2.24, 2.45) is 26.1 Å². The highest BCUT2D eigenvalue weighted by atomic mass is 16.5. The molecule has 274 valence electrons. The predicted octanol–water partition coefficient (Wildman–Crippen LogP) is 0.284. The summed E-state index contributed by atoms with van der Waals surface area (Å²) in [5.74, 6) is -2.22. The van der Waals surface area contributed by atoms with E-state index in [1.54, 1.807) is 54.2 Å². The molecule has 0 saturated carbocycles. The number of hydrogen-bond donors (Lipinski definition) is 4. The quantitative estimate of drug-likeness (QED) is 0.0701. The molecule has 3 heterocycles. The molecule has 52 heavy (non-hydrogen) atoms. The Morgan fingerprint density at radius 1 is 0.731 bits per heavy atom. The number of aryl methyl sites for hydroxylation is 1. The van der Waals surface area contributed by atoms with Crippen LogP contribution in [0.2, 0.25) is 0 Å². The number of hydrogen-bond acceptors (Lipinski definition) is 11. The summed E-state index contributed by atoms with van der Waals surface area (Å²) < 4.78 is 14.0. The first-order valence-corrected chi connectivity index (χ1v) is 16.2. The minimum absolute atomic E-state index is 0.0329. The second-order valence-electron chi connectivity index (χ2n) is 11.5. The molecule has 0 unspecified atom stereocenters. The van der Waals surface area contributed by atoms with Crippen LogP contribution in [0.3, 0.4) is 0 Å². The number of aromatic amines is 2. The number of aromatic nitrogens is 5. The Labute approximate surface area is 295 Å². The van der Waals surface area contributed by atoms with Gasteiger partial charge in [-0.25, -0.2) is 19.2 Å². The SMILES string of the molecule is Cn1c(C=Nc2ccc(C(=O)NCCCCOC(=O)c3cn(C)c(=O)[nH]c3=O)cc2)ccc1C(=O)NCCCCOC(=O)c1cc(=O)[nH]c(=O)n1C. The zero-order valence-electron chi connectivity index (χ0n) is 28.7. The molecule has 0 aliphatic heterocycles. The number of H-pyrrole nitrogens is 2. The summed E-state index contributed by atoms with van der Waals surface area (Å²) in [4.78, 5) is 104. The van der Waals surface area contributed by atoms with Crippen molar-refractivity contribution in [3.8, 4) is 0 Å². The van der Waals surface area contributed by atoms with E-state index in [1.165, 1.54) is 14.1 Å². The first-order chi connectivity index (χ1) is 24.8. The highest BCUT2D eigenvalue weighted by Gasteiger charge is 2.15. The van der Waals surface area contributed by atoms with Gasteiger partial charge in [0.1, 0.15) is 17.0 Å². The van der Waals surface area contributed by atoms with Crippen LogP contribution in [0.4, 0.5) is 5.69 Å². The van der Waals surface area contributed by atoms with Crippen molar-refractivity contribution < 1.29 is 28.7 Å². The van der Waals surface area contributed by atoms with Gasteiger partial charge in [-0.2, -0.15) is 0 Å². The maximum atomic E-state index is 12.7. The van der Waals surface area contributed by atoms with E-state index in [0.29, 0.717) is 61.4 Å². The van der Waals surface area contributed by atoms with Crippen LogP contribution in [-0.2, 0) is 30.6 Å². The lowest BCUT2D eigenvalue weighted by molar-refractivity contribution is 0.0479. The molecule has 18 nitrogen and oxygen atoms in total. The third-order valence-corrected chi connectivity index (χ3v) is 7.75. The van der Waals surface area contributed by atoms with E-state index in [0.717, 1.165) is 21.4 Å². The number of esters is 2. The fraction of sp³-hybridized carbons (Fsp3) is 0.324. The first kappa shape index (κ1) is 38.2. The van der Waals surface area contributed by atoms with E-state index in [2.05, 4.69) is 15.6 Å². The van der Waals surface area contributed by atoms with Crippen LogP contribution >= 0.6 is 0 Å². The Hall–Kier alpha value is -6.59. The molecule has 4 N–H and O–H groups in total. The van der Waals surface area contributed by atoms with Crippen LogP contribution in [0.15, 0.2) is 72.8 Å². The number of nitrogens with one attached hydrogen (secondary N) is 4. The van der Waals surface area contributed by atoms with Gasteiger partial charge in [0.25, 0.3) is 22.9 Å². The fourth-order valence-corrected chi connectivity index (χ4v) is 4.72. The highest BCUT2D eigenvalue weighted by molar-refractivity contribution is 5.95. The van der Waals surface area contributed by atoms with E-state index in [4.69, 9.17) is 9.47 Å². The predicted molar refractivity (Wildman–Crippen MR) is 187 cm³/mol. The molecule has 4 aromatic rings. The lowest BCUT2D eigenvalue weighted by atomic mass is 10.2. The van der Waals surface area contributed by atoms with Crippen LogP contribution in [0.1, 0.15) is 73.1 Å². The van der Waals surface area contributed by atoms with Gasteiger partial charge in [-0.3, -0.25) is 38.7 Å². The first-order valence-electron chi connectivity index (χ1n) is 16.2. The molecule has 1 aromatic carbocycles. The number of carbonyl (C=O) groups is 4. The van der Waals surface area contributed by atoms with Gasteiger partial charge in [0.05, 0.1) is 30.8 Å². The third-order valence-electron chi connectivity index (χ3n) is 7.75. The number of ether oxygens (including phenoxy) is 2. The number of carbonyl (C=O) groups excluding carboxylic acids is 4. The van der Waals surface area contributed by atoms with Crippen molar-refractivity contribution in [1.29, 1.82) is 0 Å². The zero-order chi connectivity index (χ0) is 37.8. The number of nitrogens with zero attached hydrogens (tertiary/aromatic N) is 4. The maximum Gasteiger partial charge on any atom is 0.355 e. The fourth-order valence-electron chi connectivity index (χ4n) is 4.72. The summed E-state index contributed by atoms with van der Waals surface area (Å²) >= 11 is 0. The number of rotatable bonds is 16. The van der Waals surface area contributed by atoms with E-state index in [1.807, 2.05) is 9.97 Å². The van der Waals surface area contributed by atoms with Crippen molar-refractivity contribution in [3.63, 3.8) is 0 Å². The molecule has 0 aliphatic carbocycles. The molecular weight excluding hydrogens is 680 g/mol. The van der Waals surface area contributed by atoms with E-state index in [9.17, 15) is 38.4 Å². The van der Waals surface area contributed by atoms with Gasteiger partial charge < -0.3 is 29.2 Å². The Balaban J connectivity index is 1.14. The summed E-state index contributed by atoms with van der Waals surface area (Å²) in [6.45, 7) is 0.733. The topological polar surface area (TPSA) is 238 Å².